The van der Waals surface area contributed by atoms with Crippen LogP contribution in [0, 0.1) is 11.8 Å². The second kappa shape index (κ2) is 12.0. The zero-order chi connectivity index (χ0) is 24.5. The standard InChI is InChI=1S/C24H32N4O5/c1-14(2)10-19(13-21(29)28-33)23(31)27-20(24(32)26-15(3)22(25)30)12-16-8-9-17-6-4-5-7-18(17)11-16/h4-9,11,14-15,19-20,33H,10,12-13H2,1-3H3,(H2,25,30)(H,26,32)(H,27,31)(H,28,29)/t15-,19+,20-/m0/s1. The molecule has 0 unspecified atom stereocenters. The summed E-state index contributed by atoms with van der Waals surface area (Å²) in [6, 6.07) is 11.6. The average molecular weight is 457 g/mol. The van der Waals surface area contributed by atoms with E-state index in [1.165, 1.54) is 6.92 Å². The lowest BCUT2D eigenvalue weighted by Crippen LogP contribution is -2.54. The largest absolute Gasteiger partial charge is 0.368 e. The number of benzene rings is 2. The molecule has 0 aliphatic heterocycles. The van der Waals surface area contributed by atoms with Gasteiger partial charge >= 0.3 is 0 Å². The van der Waals surface area contributed by atoms with Crippen molar-refractivity contribution in [2.45, 2.75) is 52.1 Å². The van der Waals surface area contributed by atoms with E-state index in [9.17, 15) is 19.2 Å². The zero-order valence-electron chi connectivity index (χ0n) is 19.1. The first-order chi connectivity index (χ1) is 15.6. The Morgan fingerprint density at radius 3 is 2.21 bits per heavy atom. The van der Waals surface area contributed by atoms with Crippen LogP contribution >= 0.6 is 0 Å². The van der Waals surface area contributed by atoms with Crippen molar-refractivity contribution in [2.75, 3.05) is 0 Å². The molecule has 0 bridgehead atoms. The van der Waals surface area contributed by atoms with Crippen molar-refractivity contribution in [3.05, 3.63) is 48.0 Å². The lowest BCUT2D eigenvalue weighted by molar-refractivity contribution is -0.136. The van der Waals surface area contributed by atoms with Crippen LogP contribution in [0.1, 0.15) is 39.2 Å². The summed E-state index contributed by atoms with van der Waals surface area (Å²) < 4.78 is 0. The van der Waals surface area contributed by atoms with Gasteiger partial charge in [0.2, 0.25) is 23.6 Å². The summed E-state index contributed by atoms with van der Waals surface area (Å²) in [5.41, 5.74) is 7.62. The van der Waals surface area contributed by atoms with Gasteiger partial charge in [0, 0.05) is 18.8 Å². The molecule has 9 nitrogen and oxygen atoms in total. The molecule has 0 spiro atoms. The number of hydrogen-bond acceptors (Lipinski definition) is 5. The number of fused-ring (bicyclic) bond motifs is 1. The van der Waals surface area contributed by atoms with Gasteiger partial charge in [-0.15, -0.1) is 0 Å². The number of carbonyl (C=O) groups excluding carboxylic acids is 4. The summed E-state index contributed by atoms with van der Waals surface area (Å²) in [6.45, 7) is 5.28. The van der Waals surface area contributed by atoms with Crippen molar-refractivity contribution in [3.8, 4) is 0 Å². The Balaban J connectivity index is 2.27. The van der Waals surface area contributed by atoms with Crippen LogP contribution < -0.4 is 21.8 Å². The molecule has 2 aromatic carbocycles. The van der Waals surface area contributed by atoms with Gasteiger partial charge in [0.1, 0.15) is 12.1 Å². The molecule has 2 aromatic rings. The van der Waals surface area contributed by atoms with Gasteiger partial charge in [0.25, 0.3) is 0 Å². The highest BCUT2D eigenvalue weighted by atomic mass is 16.5. The normalized spacial score (nSPS) is 13.7. The number of hydrogen-bond donors (Lipinski definition) is 5. The number of hydroxylamine groups is 1. The van der Waals surface area contributed by atoms with Gasteiger partial charge in [-0.05, 0) is 35.6 Å². The van der Waals surface area contributed by atoms with E-state index in [1.54, 1.807) is 5.48 Å². The fourth-order valence-corrected chi connectivity index (χ4v) is 3.61. The van der Waals surface area contributed by atoms with Crippen LogP contribution in [0.3, 0.4) is 0 Å². The molecule has 0 fully saturated rings. The number of primary amides is 1. The Morgan fingerprint density at radius 2 is 1.61 bits per heavy atom. The predicted octanol–water partition coefficient (Wildman–Crippen LogP) is 1.41. The fraction of sp³-hybridized carbons (Fsp3) is 0.417. The first-order valence-corrected chi connectivity index (χ1v) is 10.9. The molecular weight excluding hydrogens is 424 g/mol. The molecule has 2 rings (SSSR count). The molecule has 0 aliphatic carbocycles. The number of carbonyl (C=O) groups is 4. The molecule has 9 heteroatoms. The molecule has 6 N–H and O–H groups in total. The third-order valence-electron chi connectivity index (χ3n) is 5.36. The number of amides is 4. The molecular formula is C24H32N4O5. The Kier molecular flexibility index (Phi) is 9.35. The second-order valence-corrected chi connectivity index (χ2v) is 8.65. The van der Waals surface area contributed by atoms with Crippen LogP contribution in [0.4, 0.5) is 0 Å². The van der Waals surface area contributed by atoms with E-state index in [0.29, 0.717) is 6.42 Å². The number of nitrogens with one attached hydrogen (secondary N) is 3. The fourth-order valence-electron chi connectivity index (χ4n) is 3.61. The Labute approximate surface area is 193 Å². The van der Waals surface area contributed by atoms with Gasteiger partial charge in [-0.3, -0.25) is 24.4 Å². The minimum atomic E-state index is -0.993. The molecule has 0 radical (unpaired) electrons. The lowest BCUT2D eigenvalue weighted by Gasteiger charge is -2.24. The van der Waals surface area contributed by atoms with Crippen molar-refractivity contribution in [1.82, 2.24) is 16.1 Å². The SMILES string of the molecule is CC(C)C[C@H](CC(=O)NO)C(=O)N[C@@H](Cc1ccc2ccccc2c1)C(=O)N[C@@H](C)C(N)=O. The van der Waals surface area contributed by atoms with Gasteiger partial charge in [0.05, 0.1) is 0 Å². The van der Waals surface area contributed by atoms with E-state index < -0.39 is 41.6 Å². The molecule has 0 aromatic heterocycles. The van der Waals surface area contributed by atoms with E-state index in [-0.39, 0.29) is 18.8 Å². The summed E-state index contributed by atoms with van der Waals surface area (Å²) in [4.78, 5) is 49.1. The Hall–Kier alpha value is -3.46. The number of rotatable bonds is 11. The van der Waals surface area contributed by atoms with E-state index in [4.69, 9.17) is 10.9 Å². The molecule has 0 aliphatic rings. The van der Waals surface area contributed by atoms with E-state index in [0.717, 1.165) is 16.3 Å². The summed E-state index contributed by atoms with van der Waals surface area (Å²) in [6.07, 6.45) is 0.345. The molecule has 0 saturated carbocycles. The van der Waals surface area contributed by atoms with Crippen molar-refractivity contribution in [1.29, 1.82) is 0 Å². The van der Waals surface area contributed by atoms with Crippen LogP contribution in [0.25, 0.3) is 10.8 Å². The maximum absolute atomic E-state index is 13.0. The van der Waals surface area contributed by atoms with E-state index in [1.807, 2.05) is 56.3 Å². The summed E-state index contributed by atoms with van der Waals surface area (Å²) in [5.74, 6) is -3.06. The highest BCUT2D eigenvalue weighted by Gasteiger charge is 2.29. The summed E-state index contributed by atoms with van der Waals surface area (Å²) in [5, 5.41) is 16.1. The minimum Gasteiger partial charge on any atom is -0.368 e. The quantitative estimate of drug-likeness (QED) is 0.256. The molecule has 178 valence electrons. The Morgan fingerprint density at radius 1 is 0.939 bits per heavy atom. The second-order valence-electron chi connectivity index (χ2n) is 8.65. The van der Waals surface area contributed by atoms with Crippen LogP contribution in [0.5, 0.6) is 0 Å². The van der Waals surface area contributed by atoms with Crippen LogP contribution in [0.2, 0.25) is 0 Å². The minimum absolute atomic E-state index is 0.106. The molecule has 3 atom stereocenters. The predicted molar refractivity (Wildman–Crippen MR) is 124 cm³/mol. The van der Waals surface area contributed by atoms with Gasteiger partial charge in [-0.1, -0.05) is 56.3 Å². The van der Waals surface area contributed by atoms with Crippen molar-refractivity contribution in [2.24, 2.45) is 17.6 Å². The van der Waals surface area contributed by atoms with Gasteiger partial charge in [0.15, 0.2) is 0 Å². The molecule has 33 heavy (non-hydrogen) atoms. The van der Waals surface area contributed by atoms with Crippen LogP contribution in [-0.4, -0.2) is 40.9 Å². The third-order valence-corrected chi connectivity index (χ3v) is 5.36. The van der Waals surface area contributed by atoms with Gasteiger partial charge < -0.3 is 16.4 Å². The van der Waals surface area contributed by atoms with Crippen molar-refractivity contribution >= 4 is 34.4 Å². The molecule has 4 amide bonds. The van der Waals surface area contributed by atoms with Crippen LogP contribution in [0.15, 0.2) is 42.5 Å². The van der Waals surface area contributed by atoms with E-state index in [2.05, 4.69) is 10.6 Å². The smallest absolute Gasteiger partial charge is 0.244 e. The van der Waals surface area contributed by atoms with Gasteiger partial charge in [-0.25, -0.2) is 5.48 Å². The van der Waals surface area contributed by atoms with Crippen LogP contribution in [-0.2, 0) is 25.6 Å². The summed E-state index contributed by atoms with van der Waals surface area (Å²) in [7, 11) is 0. The third kappa shape index (κ3) is 7.87. The van der Waals surface area contributed by atoms with E-state index >= 15 is 0 Å². The van der Waals surface area contributed by atoms with Gasteiger partial charge in [-0.2, -0.15) is 0 Å². The maximum atomic E-state index is 13.0. The average Bonchev–Trinajstić information content (AvgIpc) is 2.77. The monoisotopic (exact) mass is 456 g/mol. The molecule has 0 heterocycles. The van der Waals surface area contributed by atoms with Crippen molar-refractivity contribution in [3.63, 3.8) is 0 Å². The Bertz CT molecular complexity index is 1010. The maximum Gasteiger partial charge on any atom is 0.244 e. The summed E-state index contributed by atoms with van der Waals surface area (Å²) >= 11 is 0. The zero-order valence-corrected chi connectivity index (χ0v) is 19.1. The highest BCUT2D eigenvalue weighted by molar-refractivity contribution is 5.93. The highest BCUT2D eigenvalue weighted by Crippen LogP contribution is 2.19. The number of nitrogens with two attached hydrogens (primary N) is 1. The molecule has 0 saturated heterocycles. The topological polar surface area (TPSA) is 151 Å². The first kappa shape index (κ1) is 25.8. The lowest BCUT2D eigenvalue weighted by atomic mass is 9.92. The first-order valence-electron chi connectivity index (χ1n) is 10.9. The van der Waals surface area contributed by atoms with Crippen molar-refractivity contribution < 1.29 is 24.4 Å².